The van der Waals surface area contributed by atoms with E-state index in [4.69, 9.17) is 23.2 Å². The molecule has 3 aromatic rings. The van der Waals surface area contributed by atoms with Gasteiger partial charge in [0.1, 0.15) is 0 Å². The Morgan fingerprint density at radius 1 is 1.03 bits per heavy atom. The fraction of sp³-hybridized carbons (Fsp3) is 0.370. The van der Waals surface area contributed by atoms with Gasteiger partial charge < -0.3 is 5.32 Å². The Morgan fingerprint density at radius 2 is 1.73 bits per heavy atom. The molecule has 1 amide bonds. The lowest BCUT2D eigenvalue weighted by Crippen LogP contribution is -2.32. The van der Waals surface area contributed by atoms with Crippen molar-refractivity contribution in [3.05, 3.63) is 67.9 Å². The van der Waals surface area contributed by atoms with Crippen LogP contribution in [0.25, 0.3) is 21.6 Å². The number of carbonyl (C=O) groups excluding carboxylic acids is 1. The highest BCUT2D eigenvalue weighted by Gasteiger charge is 2.25. The molecule has 0 radical (unpaired) electrons. The molecule has 2 nitrogen and oxygen atoms in total. The van der Waals surface area contributed by atoms with E-state index in [1.54, 1.807) is 17.4 Å². The van der Waals surface area contributed by atoms with Gasteiger partial charge in [-0.15, -0.1) is 11.3 Å². The van der Waals surface area contributed by atoms with E-state index in [9.17, 15) is 4.79 Å². The Balaban J connectivity index is 1.57. The lowest BCUT2D eigenvalue weighted by molar-refractivity contribution is -0.126. The van der Waals surface area contributed by atoms with Crippen LogP contribution in [0, 0.1) is 11.8 Å². The normalized spacial score (nSPS) is 15.8. The van der Waals surface area contributed by atoms with Crippen molar-refractivity contribution in [2.75, 3.05) is 0 Å². The van der Waals surface area contributed by atoms with E-state index in [0.29, 0.717) is 22.5 Å². The molecule has 1 N–H and O–H groups in total. The minimum atomic E-state index is 0.0548. The molecule has 1 aliphatic carbocycles. The maximum Gasteiger partial charge on any atom is 0.223 e. The predicted molar refractivity (Wildman–Crippen MR) is 145 cm³/mol. The van der Waals surface area contributed by atoms with Gasteiger partial charge in [0.25, 0.3) is 0 Å². The van der Waals surface area contributed by atoms with E-state index in [2.05, 4.69) is 46.4 Å². The second kappa shape index (κ2) is 11.4. The SMILES string of the molecule is CC(C(=O)NCc1cc(-c2ccc(Br)cc2)c(-c2ccc(Cl)cc2Cl)s1)C1CCCCCC1. The molecule has 33 heavy (non-hydrogen) atoms. The molecule has 4 rings (SSSR count). The molecule has 174 valence electrons. The molecule has 0 aliphatic heterocycles. The van der Waals surface area contributed by atoms with Crippen molar-refractivity contribution in [2.45, 2.75) is 52.0 Å². The van der Waals surface area contributed by atoms with E-state index in [0.717, 1.165) is 30.9 Å². The maximum atomic E-state index is 12.9. The van der Waals surface area contributed by atoms with E-state index < -0.39 is 0 Å². The van der Waals surface area contributed by atoms with Gasteiger partial charge in [0.05, 0.1) is 11.6 Å². The number of hydrogen-bond donors (Lipinski definition) is 1. The highest BCUT2D eigenvalue weighted by Crippen LogP contribution is 2.43. The number of benzene rings is 2. The van der Waals surface area contributed by atoms with Crippen LogP contribution in [0.1, 0.15) is 50.3 Å². The first-order valence-electron chi connectivity index (χ1n) is 11.5. The first-order chi connectivity index (χ1) is 15.9. The van der Waals surface area contributed by atoms with Crippen molar-refractivity contribution in [3.63, 3.8) is 0 Å². The zero-order valence-corrected chi connectivity index (χ0v) is 22.6. The van der Waals surface area contributed by atoms with Crippen molar-refractivity contribution >= 4 is 56.4 Å². The molecule has 6 heteroatoms. The van der Waals surface area contributed by atoms with Gasteiger partial charge in [0.2, 0.25) is 5.91 Å². The molecule has 2 aromatic carbocycles. The molecule has 1 heterocycles. The summed E-state index contributed by atoms with van der Waals surface area (Å²) in [5.41, 5.74) is 3.17. The standard InChI is InChI=1S/C27H28BrCl2NOS/c1-17(18-6-4-2-3-5-7-18)27(32)31-16-22-15-24(19-8-10-20(28)11-9-19)26(33-22)23-13-12-21(29)14-25(23)30/h8-15,17-18H,2-7,16H2,1H3,(H,31,32). The van der Waals surface area contributed by atoms with Crippen molar-refractivity contribution in [1.82, 2.24) is 5.32 Å². The van der Waals surface area contributed by atoms with Crippen molar-refractivity contribution in [1.29, 1.82) is 0 Å². The van der Waals surface area contributed by atoms with Gasteiger partial charge in [-0.3, -0.25) is 4.79 Å². The third kappa shape index (κ3) is 6.22. The molecular formula is C27H28BrCl2NOS. The van der Waals surface area contributed by atoms with Crippen LogP contribution in [0.4, 0.5) is 0 Å². The minimum Gasteiger partial charge on any atom is -0.351 e. The molecular weight excluding hydrogens is 537 g/mol. The van der Waals surface area contributed by atoms with Gasteiger partial charge in [0.15, 0.2) is 0 Å². The summed E-state index contributed by atoms with van der Waals surface area (Å²) in [6.07, 6.45) is 7.43. The Kier molecular flexibility index (Phi) is 8.56. The summed E-state index contributed by atoms with van der Waals surface area (Å²) in [5.74, 6) is 0.711. The number of hydrogen-bond acceptors (Lipinski definition) is 2. The van der Waals surface area contributed by atoms with Crippen LogP contribution in [-0.4, -0.2) is 5.91 Å². The number of nitrogens with one attached hydrogen (secondary N) is 1. The van der Waals surface area contributed by atoms with E-state index in [1.165, 1.54) is 38.5 Å². The quantitative estimate of drug-likeness (QED) is 0.297. The summed E-state index contributed by atoms with van der Waals surface area (Å²) < 4.78 is 1.03. The van der Waals surface area contributed by atoms with Gasteiger partial charge in [-0.05, 0) is 54.7 Å². The van der Waals surface area contributed by atoms with Crippen LogP contribution in [0.3, 0.4) is 0 Å². The summed E-state index contributed by atoms with van der Waals surface area (Å²) in [6, 6.07) is 16.0. The Bertz CT molecular complexity index is 1100. The van der Waals surface area contributed by atoms with Crippen molar-refractivity contribution < 1.29 is 4.79 Å². The second-order valence-electron chi connectivity index (χ2n) is 8.84. The monoisotopic (exact) mass is 563 g/mol. The summed E-state index contributed by atoms with van der Waals surface area (Å²) in [6.45, 7) is 2.61. The predicted octanol–water partition coefficient (Wildman–Crippen LogP) is 9.37. The number of halogens is 3. The summed E-state index contributed by atoms with van der Waals surface area (Å²) in [5, 5.41) is 4.44. The van der Waals surface area contributed by atoms with Crippen LogP contribution < -0.4 is 5.32 Å². The van der Waals surface area contributed by atoms with E-state index in [-0.39, 0.29) is 11.8 Å². The van der Waals surface area contributed by atoms with E-state index >= 15 is 0 Å². The molecule has 1 atom stereocenters. The highest BCUT2D eigenvalue weighted by molar-refractivity contribution is 9.10. The molecule has 1 unspecified atom stereocenters. The zero-order chi connectivity index (χ0) is 23.4. The largest absolute Gasteiger partial charge is 0.351 e. The third-order valence-corrected chi connectivity index (χ3v) is 8.82. The molecule has 1 saturated carbocycles. The van der Waals surface area contributed by atoms with Crippen molar-refractivity contribution in [3.8, 4) is 21.6 Å². The third-order valence-electron chi connectivity index (χ3n) is 6.57. The number of rotatable bonds is 6. The number of amides is 1. The topological polar surface area (TPSA) is 29.1 Å². The lowest BCUT2D eigenvalue weighted by Gasteiger charge is -2.21. The highest BCUT2D eigenvalue weighted by atomic mass is 79.9. The van der Waals surface area contributed by atoms with Gasteiger partial charge in [-0.2, -0.15) is 0 Å². The van der Waals surface area contributed by atoms with Crippen molar-refractivity contribution in [2.24, 2.45) is 11.8 Å². The molecule has 0 spiro atoms. The second-order valence-corrected chi connectivity index (χ2v) is 11.7. The summed E-state index contributed by atoms with van der Waals surface area (Å²) >= 11 is 17.9. The van der Waals surface area contributed by atoms with Crippen LogP contribution in [0.2, 0.25) is 10.0 Å². The molecule has 1 aromatic heterocycles. The summed E-state index contributed by atoms with van der Waals surface area (Å²) in [7, 11) is 0. The lowest BCUT2D eigenvalue weighted by atomic mass is 9.87. The zero-order valence-electron chi connectivity index (χ0n) is 18.7. The Hall–Kier alpha value is -1.33. The molecule has 0 saturated heterocycles. The average Bonchev–Trinajstić information content (AvgIpc) is 3.02. The fourth-order valence-electron chi connectivity index (χ4n) is 4.61. The Morgan fingerprint density at radius 3 is 2.39 bits per heavy atom. The number of carbonyl (C=O) groups is 1. The van der Waals surface area contributed by atoms with E-state index in [1.807, 2.05) is 24.3 Å². The molecule has 1 aliphatic rings. The molecule has 1 fully saturated rings. The van der Waals surface area contributed by atoms with Crippen LogP contribution in [0.15, 0.2) is 53.0 Å². The van der Waals surface area contributed by atoms with Crippen LogP contribution in [-0.2, 0) is 11.3 Å². The van der Waals surface area contributed by atoms with Gasteiger partial charge in [0, 0.05) is 36.3 Å². The minimum absolute atomic E-state index is 0.0548. The summed E-state index contributed by atoms with van der Waals surface area (Å²) in [4.78, 5) is 15.1. The Labute approximate surface area is 218 Å². The van der Waals surface area contributed by atoms with Crippen LogP contribution >= 0.6 is 50.5 Å². The maximum absolute atomic E-state index is 12.9. The average molecular weight is 565 g/mol. The first kappa shape index (κ1) is 24.8. The van der Waals surface area contributed by atoms with Gasteiger partial charge >= 0.3 is 0 Å². The number of thiophene rings is 1. The molecule has 0 bridgehead atoms. The smallest absolute Gasteiger partial charge is 0.223 e. The first-order valence-corrected chi connectivity index (χ1v) is 13.9. The van der Waals surface area contributed by atoms with Gasteiger partial charge in [-0.1, -0.05) is 89.9 Å². The fourth-order valence-corrected chi connectivity index (χ4v) is 6.59. The van der Waals surface area contributed by atoms with Crippen LogP contribution in [0.5, 0.6) is 0 Å². The van der Waals surface area contributed by atoms with Gasteiger partial charge in [-0.25, -0.2) is 0 Å².